The van der Waals surface area contributed by atoms with Crippen LogP contribution < -0.4 is 0 Å². The normalized spacial score (nSPS) is 32.3. The molecule has 1 aliphatic heterocycles. The molecule has 0 nitrogen and oxygen atoms in total. The molecule has 0 fully saturated rings. The minimum Gasteiger partial charge on any atom is -0.110 e. The number of hydrogen-bond donors (Lipinski definition) is 0. The summed E-state index contributed by atoms with van der Waals surface area (Å²) in [6, 6.07) is 0. The molecule has 0 spiro atoms. The fraction of sp³-hybridized carbons (Fsp3) is 0.778. The van der Waals surface area contributed by atoms with E-state index in [1.54, 1.807) is 0 Å². The van der Waals surface area contributed by atoms with Crippen LogP contribution >= 0.6 is 23.4 Å². The van der Waals surface area contributed by atoms with Crippen molar-refractivity contribution < 1.29 is 0 Å². The minimum atomic E-state index is 0.254. The van der Waals surface area contributed by atoms with Gasteiger partial charge in [0.25, 0.3) is 0 Å². The summed E-state index contributed by atoms with van der Waals surface area (Å²) >= 11 is 7.88. The predicted molar refractivity (Wildman–Crippen MR) is 53.9 cm³/mol. The summed E-state index contributed by atoms with van der Waals surface area (Å²) in [6.45, 7) is 8.86. The van der Waals surface area contributed by atoms with Gasteiger partial charge >= 0.3 is 0 Å². The summed E-state index contributed by atoms with van der Waals surface area (Å²) < 4.78 is 0.254. The van der Waals surface area contributed by atoms with Crippen molar-refractivity contribution in [1.29, 1.82) is 0 Å². The second-order valence-corrected chi connectivity index (χ2v) is 6.02. The summed E-state index contributed by atoms with van der Waals surface area (Å²) in [4.78, 5) is 1.44. The highest BCUT2D eigenvalue weighted by molar-refractivity contribution is 8.05. The predicted octanol–water partition coefficient (Wildman–Crippen LogP) is 3.86. The van der Waals surface area contributed by atoms with E-state index in [1.807, 2.05) is 11.8 Å². The molecule has 2 heteroatoms. The third-order valence-electron chi connectivity index (χ3n) is 1.81. The molecule has 0 saturated heterocycles. The van der Waals surface area contributed by atoms with E-state index in [4.69, 9.17) is 11.6 Å². The topological polar surface area (TPSA) is 0 Å². The Bertz CT molecular complexity index is 178. The van der Waals surface area contributed by atoms with Gasteiger partial charge in [-0.05, 0) is 10.3 Å². The summed E-state index contributed by atoms with van der Waals surface area (Å²) in [5, 5.41) is 0. The van der Waals surface area contributed by atoms with Crippen molar-refractivity contribution in [2.45, 2.75) is 32.4 Å². The van der Waals surface area contributed by atoms with E-state index in [0.717, 1.165) is 0 Å². The van der Waals surface area contributed by atoms with Gasteiger partial charge in [-0.1, -0.05) is 33.8 Å². The molecule has 0 radical (unpaired) electrons. The molecule has 2 atom stereocenters. The Morgan fingerprint density at radius 3 is 2.18 bits per heavy atom. The van der Waals surface area contributed by atoms with Gasteiger partial charge in [0.05, 0.1) is 4.71 Å². The number of alkyl halides is 1. The van der Waals surface area contributed by atoms with Crippen LogP contribution in [0, 0.1) is 11.3 Å². The summed E-state index contributed by atoms with van der Waals surface area (Å²) in [7, 11) is 0. The monoisotopic (exact) mass is 190 g/mol. The molecule has 0 aromatic rings. The largest absolute Gasteiger partial charge is 0.110 e. The molecule has 0 aromatic carbocycles. The maximum atomic E-state index is 6.07. The molecule has 1 heterocycles. The standard InChI is InChI=1S/C9H15ClS/c1-6-5-7(9(2,3)4)11-8(6)10/h5-6,8H,1-4H3. The van der Waals surface area contributed by atoms with Crippen molar-refractivity contribution in [1.82, 2.24) is 0 Å². The van der Waals surface area contributed by atoms with Gasteiger partial charge in [0.2, 0.25) is 0 Å². The molecule has 64 valence electrons. The zero-order valence-corrected chi connectivity index (χ0v) is 9.09. The molecule has 0 aliphatic carbocycles. The lowest BCUT2D eigenvalue weighted by molar-refractivity contribution is 0.531. The van der Waals surface area contributed by atoms with Gasteiger partial charge in [0.15, 0.2) is 0 Å². The van der Waals surface area contributed by atoms with Crippen LogP contribution in [0.4, 0.5) is 0 Å². The van der Waals surface area contributed by atoms with E-state index in [2.05, 4.69) is 33.8 Å². The summed E-state index contributed by atoms with van der Waals surface area (Å²) in [5.41, 5.74) is 0.280. The van der Waals surface area contributed by atoms with Crippen LogP contribution in [0.5, 0.6) is 0 Å². The van der Waals surface area contributed by atoms with Gasteiger partial charge in [-0.15, -0.1) is 23.4 Å². The highest BCUT2D eigenvalue weighted by Gasteiger charge is 2.29. The summed E-state index contributed by atoms with van der Waals surface area (Å²) in [6.07, 6.45) is 2.29. The Balaban J connectivity index is 2.71. The van der Waals surface area contributed by atoms with Crippen LogP contribution in [0.1, 0.15) is 27.7 Å². The Kier molecular flexibility index (Phi) is 2.60. The third-order valence-corrected chi connectivity index (χ3v) is 4.13. The van der Waals surface area contributed by atoms with Crippen LogP contribution in [-0.2, 0) is 0 Å². The first-order valence-corrected chi connectivity index (χ1v) is 5.26. The first kappa shape index (κ1) is 9.47. The molecule has 2 unspecified atom stereocenters. The molecule has 1 rings (SSSR count). The average molecular weight is 191 g/mol. The smallest absolute Gasteiger partial charge is 0.0892 e. The maximum Gasteiger partial charge on any atom is 0.0892 e. The Hall–Kier alpha value is 0.380. The summed E-state index contributed by atoms with van der Waals surface area (Å²) in [5.74, 6) is 0.524. The second kappa shape index (κ2) is 3.02. The van der Waals surface area contributed by atoms with E-state index >= 15 is 0 Å². The Morgan fingerprint density at radius 2 is 2.00 bits per heavy atom. The van der Waals surface area contributed by atoms with Crippen LogP contribution in [0.25, 0.3) is 0 Å². The minimum absolute atomic E-state index is 0.254. The number of allylic oxidation sites excluding steroid dienone is 2. The van der Waals surface area contributed by atoms with E-state index in [-0.39, 0.29) is 10.1 Å². The molecule has 0 N–H and O–H groups in total. The number of hydrogen-bond acceptors (Lipinski definition) is 1. The maximum absolute atomic E-state index is 6.07. The van der Waals surface area contributed by atoms with E-state index in [9.17, 15) is 0 Å². The molecule has 0 saturated carbocycles. The molecule has 0 amide bonds. The lowest BCUT2D eigenvalue weighted by Crippen LogP contribution is -2.04. The number of thioether (sulfide) groups is 1. The van der Waals surface area contributed by atoms with Gasteiger partial charge in [-0.2, -0.15) is 0 Å². The molecule has 1 aliphatic rings. The Labute approximate surface area is 78.4 Å². The highest BCUT2D eigenvalue weighted by atomic mass is 35.5. The van der Waals surface area contributed by atoms with Crippen LogP contribution in [0.15, 0.2) is 11.0 Å². The zero-order chi connectivity index (χ0) is 8.65. The molecular formula is C9H15ClS. The van der Waals surface area contributed by atoms with E-state index in [1.165, 1.54) is 4.91 Å². The van der Waals surface area contributed by atoms with Gasteiger partial charge in [-0.3, -0.25) is 0 Å². The van der Waals surface area contributed by atoms with E-state index < -0.39 is 0 Å². The SMILES string of the molecule is CC1C=C(C(C)(C)C)SC1Cl. The molecule has 0 bridgehead atoms. The molecule has 11 heavy (non-hydrogen) atoms. The van der Waals surface area contributed by atoms with Crippen LogP contribution in [0.3, 0.4) is 0 Å². The van der Waals surface area contributed by atoms with Crippen molar-refractivity contribution >= 4 is 23.4 Å². The van der Waals surface area contributed by atoms with Crippen LogP contribution in [0.2, 0.25) is 0 Å². The van der Waals surface area contributed by atoms with Crippen molar-refractivity contribution in [3.63, 3.8) is 0 Å². The first-order valence-electron chi connectivity index (χ1n) is 3.94. The number of rotatable bonds is 0. The highest BCUT2D eigenvalue weighted by Crippen LogP contribution is 2.46. The first-order chi connectivity index (χ1) is 4.91. The zero-order valence-electron chi connectivity index (χ0n) is 7.52. The van der Waals surface area contributed by atoms with Crippen molar-refractivity contribution in [2.75, 3.05) is 0 Å². The van der Waals surface area contributed by atoms with Gasteiger partial charge in [0.1, 0.15) is 0 Å². The van der Waals surface area contributed by atoms with Gasteiger partial charge in [-0.25, -0.2) is 0 Å². The molecular weight excluding hydrogens is 176 g/mol. The lowest BCUT2D eigenvalue weighted by atomic mass is 9.94. The van der Waals surface area contributed by atoms with Gasteiger partial charge < -0.3 is 0 Å². The average Bonchev–Trinajstić information content (AvgIpc) is 2.11. The number of halogens is 1. The molecule has 0 aromatic heterocycles. The lowest BCUT2D eigenvalue weighted by Gasteiger charge is -2.19. The van der Waals surface area contributed by atoms with Crippen molar-refractivity contribution in [2.24, 2.45) is 11.3 Å². The van der Waals surface area contributed by atoms with E-state index in [0.29, 0.717) is 5.92 Å². The Morgan fingerprint density at radius 1 is 1.45 bits per heavy atom. The second-order valence-electron chi connectivity index (χ2n) is 4.11. The fourth-order valence-electron chi connectivity index (χ4n) is 1.01. The van der Waals surface area contributed by atoms with Gasteiger partial charge in [0, 0.05) is 5.92 Å². The fourth-order valence-corrected chi connectivity index (χ4v) is 2.55. The third kappa shape index (κ3) is 2.16. The quantitative estimate of drug-likeness (QED) is 0.523. The van der Waals surface area contributed by atoms with Crippen molar-refractivity contribution in [3.05, 3.63) is 11.0 Å². The van der Waals surface area contributed by atoms with Crippen LogP contribution in [-0.4, -0.2) is 4.71 Å². The van der Waals surface area contributed by atoms with Crippen molar-refractivity contribution in [3.8, 4) is 0 Å².